The van der Waals surface area contributed by atoms with E-state index in [0.29, 0.717) is 14.5 Å². The Bertz CT molecular complexity index is 597. The van der Waals surface area contributed by atoms with Gasteiger partial charge in [-0.15, -0.1) is 0 Å². The lowest BCUT2D eigenvalue weighted by molar-refractivity contribution is -0.115. The number of amides is 3. The highest BCUT2D eigenvalue weighted by atomic mass is 79.9. The van der Waals surface area contributed by atoms with Crippen molar-refractivity contribution in [2.45, 2.75) is 0 Å². The van der Waals surface area contributed by atoms with Gasteiger partial charge in [-0.25, -0.2) is 4.79 Å². The first-order valence-corrected chi connectivity index (χ1v) is 6.34. The third-order valence-corrected chi connectivity index (χ3v) is 3.16. The summed E-state index contributed by atoms with van der Waals surface area (Å²) in [5.74, 6) is -0.896. The number of phenolic OH excluding ortho intramolecular Hbond substituents is 1. The molecule has 1 aromatic rings. The summed E-state index contributed by atoms with van der Waals surface area (Å²) in [6.45, 7) is 0. The first kappa shape index (κ1) is 15.2. The van der Waals surface area contributed by atoms with Gasteiger partial charge in [0.2, 0.25) is 0 Å². The molecule has 0 bridgehead atoms. The second-order valence-electron chi connectivity index (χ2n) is 3.32. The van der Waals surface area contributed by atoms with E-state index in [9.17, 15) is 14.7 Å². The van der Waals surface area contributed by atoms with Crippen molar-refractivity contribution in [1.29, 1.82) is 5.26 Å². The molecule has 0 aromatic heterocycles. The lowest BCUT2D eigenvalue weighted by atomic mass is 10.1. The van der Waals surface area contributed by atoms with Crippen molar-refractivity contribution in [2.75, 3.05) is 0 Å². The highest BCUT2D eigenvalue weighted by Gasteiger charge is 2.12. The van der Waals surface area contributed by atoms with Gasteiger partial charge in [-0.1, -0.05) is 0 Å². The smallest absolute Gasteiger partial charge is 0.319 e. The molecule has 0 saturated heterocycles. The minimum atomic E-state index is -1.04. The average molecular weight is 389 g/mol. The number of carbonyl (C=O) groups is 2. The second kappa shape index (κ2) is 6.36. The van der Waals surface area contributed by atoms with E-state index in [1.54, 1.807) is 11.4 Å². The Hall–Kier alpha value is -1.85. The molecule has 0 unspecified atom stereocenters. The fourth-order valence-electron chi connectivity index (χ4n) is 1.16. The first-order valence-electron chi connectivity index (χ1n) is 4.75. The molecule has 0 radical (unpaired) electrons. The number of nitrogens with zero attached hydrogens (tertiary/aromatic N) is 1. The summed E-state index contributed by atoms with van der Waals surface area (Å²) >= 11 is 6.24. The van der Waals surface area contributed by atoms with Gasteiger partial charge >= 0.3 is 6.03 Å². The minimum Gasteiger partial charge on any atom is -0.506 e. The number of halogens is 2. The van der Waals surface area contributed by atoms with Gasteiger partial charge in [0.05, 0.1) is 8.95 Å². The molecule has 0 spiro atoms. The van der Waals surface area contributed by atoms with Gasteiger partial charge in [0.1, 0.15) is 17.4 Å². The zero-order valence-electron chi connectivity index (χ0n) is 9.28. The van der Waals surface area contributed by atoms with Crippen LogP contribution in [0.4, 0.5) is 4.79 Å². The standard InChI is InChI=1S/C11H7Br2N3O3/c12-7-2-5(3-8(13)9(7)17)1-6(4-14)10(18)16-11(15)19/h1-3,17H,(H3,15,16,18,19)/b6-1-. The van der Waals surface area contributed by atoms with Crippen LogP contribution in [0.5, 0.6) is 5.75 Å². The van der Waals surface area contributed by atoms with Crippen molar-refractivity contribution in [3.8, 4) is 11.8 Å². The second-order valence-corrected chi connectivity index (χ2v) is 5.03. The first-order chi connectivity index (χ1) is 8.85. The van der Waals surface area contributed by atoms with Gasteiger partial charge in [-0.3, -0.25) is 10.1 Å². The van der Waals surface area contributed by atoms with E-state index < -0.39 is 11.9 Å². The van der Waals surface area contributed by atoms with Gasteiger partial charge < -0.3 is 10.8 Å². The molecule has 4 N–H and O–H groups in total. The van der Waals surface area contributed by atoms with Crippen LogP contribution in [0.15, 0.2) is 26.7 Å². The van der Waals surface area contributed by atoms with Crippen molar-refractivity contribution >= 4 is 49.9 Å². The van der Waals surface area contributed by atoms with Crippen LogP contribution in [0.25, 0.3) is 6.08 Å². The maximum absolute atomic E-state index is 11.5. The van der Waals surface area contributed by atoms with Crippen molar-refractivity contribution in [3.63, 3.8) is 0 Å². The van der Waals surface area contributed by atoms with Gasteiger partial charge in [0.15, 0.2) is 0 Å². The molecule has 0 aliphatic heterocycles. The highest BCUT2D eigenvalue weighted by molar-refractivity contribution is 9.11. The summed E-state index contributed by atoms with van der Waals surface area (Å²) in [7, 11) is 0. The number of urea groups is 1. The molecule has 1 aromatic carbocycles. The summed E-state index contributed by atoms with van der Waals surface area (Å²) in [5.41, 5.74) is 4.98. The maximum Gasteiger partial charge on any atom is 0.319 e. The molecule has 0 atom stereocenters. The average Bonchev–Trinajstić information content (AvgIpc) is 2.31. The number of phenols is 1. The third-order valence-electron chi connectivity index (χ3n) is 1.95. The number of nitriles is 1. The lowest BCUT2D eigenvalue weighted by Crippen LogP contribution is -2.35. The molecule has 0 heterocycles. The van der Waals surface area contributed by atoms with Crippen LogP contribution in [-0.4, -0.2) is 17.0 Å². The van der Waals surface area contributed by atoms with Gasteiger partial charge in [0.25, 0.3) is 5.91 Å². The molecule has 8 heteroatoms. The zero-order chi connectivity index (χ0) is 14.6. The van der Waals surface area contributed by atoms with Crippen LogP contribution in [0.2, 0.25) is 0 Å². The summed E-state index contributed by atoms with van der Waals surface area (Å²) in [6, 6.07) is 3.63. The number of rotatable bonds is 2. The van der Waals surface area contributed by atoms with Crippen LogP contribution in [0.3, 0.4) is 0 Å². The molecule has 0 fully saturated rings. The van der Waals surface area contributed by atoms with Crippen LogP contribution >= 0.6 is 31.9 Å². The van der Waals surface area contributed by atoms with E-state index in [2.05, 4.69) is 31.9 Å². The number of imide groups is 1. The summed E-state index contributed by atoms with van der Waals surface area (Å²) in [6.07, 6.45) is 1.26. The van der Waals surface area contributed by atoms with Crippen molar-refractivity contribution < 1.29 is 14.7 Å². The largest absolute Gasteiger partial charge is 0.506 e. The van der Waals surface area contributed by atoms with Gasteiger partial charge in [-0.05, 0) is 55.6 Å². The predicted molar refractivity (Wildman–Crippen MR) is 74.8 cm³/mol. The molecular formula is C11H7Br2N3O3. The Morgan fingerprint density at radius 1 is 1.37 bits per heavy atom. The number of nitrogens with two attached hydrogens (primary N) is 1. The van der Waals surface area contributed by atoms with E-state index in [0.717, 1.165) is 0 Å². The lowest BCUT2D eigenvalue weighted by Gasteiger charge is -2.03. The molecular weight excluding hydrogens is 382 g/mol. The molecule has 6 nitrogen and oxygen atoms in total. The van der Waals surface area contributed by atoms with Crippen LogP contribution < -0.4 is 11.1 Å². The van der Waals surface area contributed by atoms with Crippen molar-refractivity contribution in [1.82, 2.24) is 5.32 Å². The predicted octanol–water partition coefficient (Wildman–Crippen LogP) is 2.02. The third kappa shape index (κ3) is 4.08. The normalized spacial score (nSPS) is 10.7. The topological polar surface area (TPSA) is 116 Å². The Morgan fingerprint density at radius 2 is 1.89 bits per heavy atom. The van der Waals surface area contributed by atoms with E-state index in [1.807, 2.05) is 0 Å². The van der Waals surface area contributed by atoms with Gasteiger partial charge in [-0.2, -0.15) is 5.26 Å². The summed E-state index contributed by atoms with van der Waals surface area (Å²) in [4.78, 5) is 22.0. The molecule has 0 aliphatic rings. The van der Waals surface area contributed by atoms with Crippen LogP contribution in [-0.2, 0) is 4.79 Å². The Kier molecular flexibility index (Phi) is 5.09. The number of carbonyl (C=O) groups excluding carboxylic acids is 2. The number of primary amides is 1. The van der Waals surface area contributed by atoms with E-state index in [4.69, 9.17) is 11.0 Å². The summed E-state index contributed by atoms with van der Waals surface area (Å²) < 4.78 is 0.779. The van der Waals surface area contributed by atoms with E-state index in [-0.39, 0.29) is 11.3 Å². The Labute approximate surface area is 125 Å². The Balaban J connectivity index is 3.16. The number of aromatic hydroxyl groups is 1. The van der Waals surface area contributed by atoms with Gasteiger partial charge in [0, 0.05) is 0 Å². The summed E-state index contributed by atoms with van der Waals surface area (Å²) in [5, 5.41) is 20.2. The number of hydrogen-bond acceptors (Lipinski definition) is 4. The number of nitrogens with one attached hydrogen (secondary N) is 1. The molecule has 1 rings (SSSR count). The zero-order valence-corrected chi connectivity index (χ0v) is 12.4. The molecule has 0 saturated carbocycles. The van der Waals surface area contributed by atoms with E-state index in [1.165, 1.54) is 18.2 Å². The van der Waals surface area contributed by atoms with Crippen molar-refractivity contribution in [2.24, 2.45) is 5.73 Å². The fourth-order valence-corrected chi connectivity index (χ4v) is 2.38. The maximum atomic E-state index is 11.5. The minimum absolute atomic E-state index is 0.00255. The quantitative estimate of drug-likeness (QED) is 0.530. The molecule has 0 aliphatic carbocycles. The fraction of sp³-hybridized carbons (Fsp3) is 0. The molecule has 19 heavy (non-hydrogen) atoms. The number of benzene rings is 1. The highest BCUT2D eigenvalue weighted by Crippen LogP contribution is 2.33. The monoisotopic (exact) mass is 387 g/mol. The molecule has 3 amide bonds. The van der Waals surface area contributed by atoms with E-state index >= 15 is 0 Å². The Morgan fingerprint density at radius 3 is 2.32 bits per heavy atom. The van der Waals surface area contributed by atoms with Crippen molar-refractivity contribution in [3.05, 3.63) is 32.2 Å². The van der Waals surface area contributed by atoms with Crippen LogP contribution in [0, 0.1) is 11.3 Å². The SMILES string of the molecule is N#C/C(=C/c1cc(Br)c(O)c(Br)c1)C(=O)NC(N)=O. The van der Waals surface area contributed by atoms with Crippen LogP contribution in [0.1, 0.15) is 5.56 Å². The number of hydrogen-bond donors (Lipinski definition) is 3. The molecule has 98 valence electrons.